The molecule has 0 unspecified atom stereocenters. The number of nitrogens with one attached hydrogen (secondary N) is 3. The van der Waals surface area contributed by atoms with Crippen molar-refractivity contribution in [3.63, 3.8) is 0 Å². The van der Waals surface area contributed by atoms with Crippen molar-refractivity contribution < 1.29 is 9.47 Å². The summed E-state index contributed by atoms with van der Waals surface area (Å²) < 4.78 is 10.2. The molecule has 8 heteroatoms. The van der Waals surface area contributed by atoms with Gasteiger partial charge in [-0.2, -0.15) is 10.2 Å². The third-order valence-electron chi connectivity index (χ3n) is 3.01. The van der Waals surface area contributed by atoms with Crippen LogP contribution in [-0.2, 0) is 0 Å². The molecule has 132 valence electrons. The van der Waals surface area contributed by atoms with Crippen LogP contribution >= 0.6 is 12.4 Å². The molecule has 0 atom stereocenters. The lowest BCUT2D eigenvalue weighted by molar-refractivity contribution is 0.414. The topological polar surface area (TPSA) is 91.1 Å². The fourth-order valence-electron chi connectivity index (χ4n) is 1.75. The number of benzene rings is 2. The molecular weight excluding hydrogens is 342 g/mol. The Kier molecular flexibility index (Phi) is 8.53. The van der Waals surface area contributed by atoms with Gasteiger partial charge < -0.3 is 9.47 Å². The minimum Gasteiger partial charge on any atom is -0.497 e. The molecule has 2 aromatic carbocycles. The zero-order valence-electron chi connectivity index (χ0n) is 13.9. The average molecular weight is 362 g/mol. The summed E-state index contributed by atoms with van der Waals surface area (Å²) >= 11 is 0. The van der Waals surface area contributed by atoms with E-state index in [0.29, 0.717) is 0 Å². The van der Waals surface area contributed by atoms with Crippen LogP contribution in [0.1, 0.15) is 11.1 Å². The molecule has 0 bridgehead atoms. The van der Waals surface area contributed by atoms with Gasteiger partial charge in [-0.3, -0.25) is 5.41 Å². The van der Waals surface area contributed by atoms with Crippen molar-refractivity contribution >= 4 is 30.8 Å². The van der Waals surface area contributed by atoms with Gasteiger partial charge in [-0.25, -0.2) is 10.9 Å². The van der Waals surface area contributed by atoms with Crippen LogP contribution in [0.2, 0.25) is 0 Å². The minimum absolute atomic E-state index is 0. The highest BCUT2D eigenvalue weighted by atomic mass is 35.5. The second-order valence-electron chi connectivity index (χ2n) is 4.66. The fourth-order valence-corrected chi connectivity index (χ4v) is 1.75. The van der Waals surface area contributed by atoms with Crippen molar-refractivity contribution in [2.75, 3.05) is 14.2 Å². The molecule has 0 fully saturated rings. The summed E-state index contributed by atoms with van der Waals surface area (Å²) in [5.41, 5.74) is 6.86. The van der Waals surface area contributed by atoms with Crippen molar-refractivity contribution in [2.45, 2.75) is 0 Å². The fraction of sp³-hybridized carbons (Fsp3) is 0.118. The normalized spacial score (nSPS) is 10.3. The minimum atomic E-state index is -0.0375. The standard InChI is InChI=1S/C17H19N5O2.ClH/c1-23-15-7-3-13(4-8-15)11-19-21-17(18)22-20-12-14-5-9-16(24-2)10-6-14;/h3-12H,1-2H3,(H3,18,21,22);1H/b19-11+,20-12+;. The number of rotatable bonds is 6. The quantitative estimate of drug-likeness (QED) is 0.419. The van der Waals surface area contributed by atoms with Gasteiger partial charge in [0.15, 0.2) is 0 Å². The molecule has 2 aromatic rings. The molecule has 0 heterocycles. The molecule has 25 heavy (non-hydrogen) atoms. The van der Waals surface area contributed by atoms with Crippen molar-refractivity contribution in [1.82, 2.24) is 10.9 Å². The SMILES string of the molecule is COc1ccc(/C=N/NC(=N)N/N=C/c2ccc(OC)cc2)cc1.Cl. The monoisotopic (exact) mass is 361 g/mol. The molecule has 0 aliphatic rings. The predicted octanol–water partition coefficient (Wildman–Crippen LogP) is 2.61. The molecule has 0 aromatic heterocycles. The van der Waals surface area contributed by atoms with Crippen LogP contribution in [0.5, 0.6) is 11.5 Å². The van der Waals surface area contributed by atoms with Crippen molar-refractivity contribution in [3.05, 3.63) is 59.7 Å². The van der Waals surface area contributed by atoms with E-state index in [1.54, 1.807) is 26.6 Å². The van der Waals surface area contributed by atoms with E-state index in [0.717, 1.165) is 22.6 Å². The molecule has 0 spiro atoms. The first-order valence-corrected chi connectivity index (χ1v) is 7.16. The molecule has 0 aliphatic heterocycles. The van der Waals surface area contributed by atoms with Gasteiger partial charge in [0.25, 0.3) is 0 Å². The Bertz CT molecular complexity index is 653. The van der Waals surface area contributed by atoms with Gasteiger partial charge in [0.2, 0.25) is 5.96 Å². The van der Waals surface area contributed by atoms with Crippen molar-refractivity contribution in [3.8, 4) is 11.5 Å². The number of methoxy groups -OCH3 is 2. The maximum Gasteiger partial charge on any atom is 0.230 e. The molecule has 2 rings (SSSR count). The maximum absolute atomic E-state index is 7.66. The molecule has 0 saturated heterocycles. The molecular formula is C17H20ClN5O2. The summed E-state index contributed by atoms with van der Waals surface area (Å²) in [5, 5.41) is 15.6. The smallest absolute Gasteiger partial charge is 0.230 e. The highest BCUT2D eigenvalue weighted by molar-refractivity contribution is 5.85. The summed E-state index contributed by atoms with van der Waals surface area (Å²) in [7, 11) is 3.23. The maximum atomic E-state index is 7.66. The summed E-state index contributed by atoms with van der Waals surface area (Å²) in [6.07, 6.45) is 3.20. The van der Waals surface area contributed by atoms with E-state index in [9.17, 15) is 0 Å². The van der Waals surface area contributed by atoms with Crippen LogP contribution in [0.15, 0.2) is 58.7 Å². The van der Waals surface area contributed by atoms with Crippen molar-refractivity contribution in [2.24, 2.45) is 10.2 Å². The van der Waals surface area contributed by atoms with Crippen LogP contribution < -0.4 is 20.3 Å². The number of nitrogens with zero attached hydrogens (tertiary/aromatic N) is 2. The predicted molar refractivity (Wildman–Crippen MR) is 102 cm³/mol. The van der Waals surface area contributed by atoms with Gasteiger partial charge >= 0.3 is 0 Å². The van der Waals surface area contributed by atoms with E-state index in [2.05, 4.69) is 21.1 Å². The van der Waals surface area contributed by atoms with E-state index in [1.807, 2.05) is 48.5 Å². The third-order valence-corrected chi connectivity index (χ3v) is 3.01. The van der Waals surface area contributed by atoms with Gasteiger partial charge in [0.05, 0.1) is 26.6 Å². The first kappa shape index (κ1) is 20.0. The van der Waals surface area contributed by atoms with Gasteiger partial charge in [0.1, 0.15) is 11.5 Å². The van der Waals surface area contributed by atoms with Crippen LogP contribution in [-0.4, -0.2) is 32.6 Å². The largest absolute Gasteiger partial charge is 0.497 e. The van der Waals surface area contributed by atoms with Crippen LogP contribution in [0.3, 0.4) is 0 Å². The number of hydrazone groups is 2. The summed E-state index contributed by atoms with van der Waals surface area (Å²) in [4.78, 5) is 0. The second kappa shape index (κ2) is 10.7. The Balaban J connectivity index is 0.00000312. The van der Waals surface area contributed by atoms with E-state index in [1.165, 1.54) is 0 Å². The summed E-state index contributed by atoms with van der Waals surface area (Å²) in [6, 6.07) is 14.8. The number of guanidine groups is 1. The van der Waals surface area contributed by atoms with Crippen LogP contribution in [0.25, 0.3) is 0 Å². The molecule has 0 aliphatic carbocycles. The van der Waals surface area contributed by atoms with Gasteiger partial charge in [-0.15, -0.1) is 12.4 Å². The molecule has 0 radical (unpaired) electrons. The summed E-state index contributed by atoms with van der Waals surface area (Å²) in [6.45, 7) is 0. The number of hydrogen-bond acceptors (Lipinski definition) is 5. The average Bonchev–Trinajstić information content (AvgIpc) is 2.63. The Labute approximate surface area is 152 Å². The Morgan fingerprint density at radius 3 is 1.48 bits per heavy atom. The van der Waals surface area contributed by atoms with Crippen molar-refractivity contribution in [1.29, 1.82) is 5.41 Å². The van der Waals surface area contributed by atoms with Gasteiger partial charge in [0, 0.05) is 0 Å². The van der Waals surface area contributed by atoms with E-state index >= 15 is 0 Å². The molecule has 3 N–H and O–H groups in total. The zero-order valence-corrected chi connectivity index (χ0v) is 14.7. The highest BCUT2D eigenvalue weighted by Crippen LogP contribution is 2.10. The zero-order chi connectivity index (χ0) is 17.2. The molecule has 7 nitrogen and oxygen atoms in total. The van der Waals surface area contributed by atoms with Gasteiger partial charge in [-0.05, 0) is 59.7 Å². The Morgan fingerprint density at radius 1 is 0.800 bits per heavy atom. The van der Waals surface area contributed by atoms with E-state index in [-0.39, 0.29) is 18.4 Å². The Hall–Kier alpha value is -3.06. The van der Waals surface area contributed by atoms with Gasteiger partial charge in [-0.1, -0.05) is 0 Å². The lowest BCUT2D eigenvalue weighted by atomic mass is 10.2. The Morgan fingerprint density at radius 2 is 1.16 bits per heavy atom. The van der Waals surface area contributed by atoms with E-state index < -0.39 is 0 Å². The van der Waals surface area contributed by atoms with Crippen LogP contribution in [0, 0.1) is 5.41 Å². The van der Waals surface area contributed by atoms with Crippen LogP contribution in [0.4, 0.5) is 0 Å². The highest BCUT2D eigenvalue weighted by Gasteiger charge is 1.93. The molecule has 0 amide bonds. The number of halogens is 1. The number of hydrogen-bond donors (Lipinski definition) is 3. The first-order valence-electron chi connectivity index (χ1n) is 7.16. The second-order valence-corrected chi connectivity index (χ2v) is 4.66. The summed E-state index contributed by atoms with van der Waals surface area (Å²) in [5.74, 6) is 1.52. The third kappa shape index (κ3) is 6.92. The number of ether oxygens (including phenoxy) is 2. The lowest BCUT2D eigenvalue weighted by Crippen LogP contribution is -2.29. The lowest BCUT2D eigenvalue weighted by Gasteiger charge is -2.02. The van der Waals surface area contributed by atoms with E-state index in [4.69, 9.17) is 14.9 Å². The molecule has 0 saturated carbocycles. The first-order chi connectivity index (χ1) is 11.7.